The molecule has 0 atom stereocenters. The summed E-state index contributed by atoms with van der Waals surface area (Å²) in [7, 11) is -0.964. The molecule has 0 fully saturated rings. The van der Waals surface area contributed by atoms with Crippen LogP contribution in [0.15, 0.2) is 24.3 Å². The van der Waals surface area contributed by atoms with E-state index in [-0.39, 0.29) is 19.6 Å². The van der Waals surface area contributed by atoms with Crippen LogP contribution in [0.2, 0.25) is 25.7 Å². The highest BCUT2D eigenvalue weighted by Crippen LogP contribution is 2.22. The average Bonchev–Trinajstić information content (AvgIpc) is 2.73. The molecular weight excluding hydrogens is 438 g/mol. The molecular formula is C25H41NO6Si. The monoisotopic (exact) mass is 479 g/mol. The molecule has 0 radical (unpaired) electrons. The molecule has 0 unspecified atom stereocenters. The molecule has 186 valence electrons. The quantitative estimate of drug-likeness (QED) is 0.172. The van der Waals surface area contributed by atoms with Gasteiger partial charge >= 0.3 is 11.9 Å². The van der Waals surface area contributed by atoms with Gasteiger partial charge in [0.05, 0.1) is 19.8 Å². The van der Waals surface area contributed by atoms with Gasteiger partial charge in [0.15, 0.2) is 0 Å². The van der Waals surface area contributed by atoms with E-state index in [0.717, 1.165) is 17.7 Å². The summed E-state index contributed by atoms with van der Waals surface area (Å²) in [6, 6.07) is 8.91. The molecule has 0 aliphatic carbocycles. The Balaban J connectivity index is 2.72. The van der Waals surface area contributed by atoms with Gasteiger partial charge < -0.3 is 19.5 Å². The first-order valence-corrected chi connectivity index (χ1v) is 15.6. The van der Waals surface area contributed by atoms with Crippen molar-refractivity contribution in [1.82, 2.24) is 5.32 Å². The van der Waals surface area contributed by atoms with Crippen LogP contribution in [0, 0.1) is 0 Å². The molecule has 0 aromatic heterocycles. The molecule has 0 bridgehead atoms. The van der Waals surface area contributed by atoms with Gasteiger partial charge in [0.2, 0.25) is 11.4 Å². The van der Waals surface area contributed by atoms with E-state index in [2.05, 4.69) is 25.0 Å². The molecule has 33 heavy (non-hydrogen) atoms. The molecule has 7 nitrogen and oxygen atoms in total. The first-order chi connectivity index (χ1) is 15.5. The van der Waals surface area contributed by atoms with Crippen molar-refractivity contribution in [3.8, 4) is 5.75 Å². The van der Waals surface area contributed by atoms with Crippen molar-refractivity contribution in [2.75, 3.05) is 19.8 Å². The number of nitrogens with one attached hydrogen (secondary N) is 1. The van der Waals surface area contributed by atoms with Crippen molar-refractivity contribution in [2.24, 2.45) is 0 Å². The van der Waals surface area contributed by atoms with Crippen molar-refractivity contribution in [1.29, 1.82) is 0 Å². The van der Waals surface area contributed by atoms with Gasteiger partial charge in [-0.3, -0.25) is 4.79 Å². The Hall–Kier alpha value is -2.35. The molecule has 1 N–H and O–H groups in total. The topological polar surface area (TPSA) is 90.9 Å². The van der Waals surface area contributed by atoms with Gasteiger partial charge in [-0.15, -0.1) is 0 Å². The Morgan fingerprint density at radius 2 is 1.48 bits per heavy atom. The van der Waals surface area contributed by atoms with Crippen LogP contribution < -0.4 is 10.1 Å². The Labute approximate surface area is 199 Å². The number of ether oxygens (including phenoxy) is 3. The van der Waals surface area contributed by atoms with E-state index in [1.165, 1.54) is 25.8 Å². The predicted molar refractivity (Wildman–Crippen MR) is 132 cm³/mol. The maximum absolute atomic E-state index is 12.7. The molecule has 0 saturated heterocycles. The van der Waals surface area contributed by atoms with Crippen LogP contribution in [-0.4, -0.2) is 51.3 Å². The van der Waals surface area contributed by atoms with E-state index >= 15 is 0 Å². The van der Waals surface area contributed by atoms with Crippen LogP contribution in [0.1, 0.15) is 52.0 Å². The molecule has 0 aliphatic rings. The van der Waals surface area contributed by atoms with Crippen molar-refractivity contribution in [3.05, 3.63) is 29.8 Å². The lowest BCUT2D eigenvalue weighted by molar-refractivity contribution is -0.168. The van der Waals surface area contributed by atoms with Crippen LogP contribution in [-0.2, 0) is 30.3 Å². The summed E-state index contributed by atoms with van der Waals surface area (Å²) in [6.07, 6.45) is 3.87. The van der Waals surface area contributed by atoms with Crippen LogP contribution >= 0.6 is 0 Å². The molecule has 0 spiro atoms. The van der Waals surface area contributed by atoms with Crippen molar-refractivity contribution < 1.29 is 28.6 Å². The number of benzene rings is 1. The summed E-state index contributed by atoms with van der Waals surface area (Å²) in [5, 5.41) is 2.49. The summed E-state index contributed by atoms with van der Waals surface area (Å²) in [5.74, 6) is -1.35. The molecule has 8 heteroatoms. The zero-order valence-electron chi connectivity index (χ0n) is 21.1. The van der Waals surface area contributed by atoms with Crippen LogP contribution in [0.4, 0.5) is 0 Å². The van der Waals surface area contributed by atoms with E-state index in [9.17, 15) is 14.4 Å². The van der Waals surface area contributed by atoms with Gasteiger partial charge in [0, 0.05) is 15.0 Å². The number of amides is 1. The SMILES string of the molecule is CCOC(=O)C(CCc1ccc(OCCCCC[Si](C)(C)C)cc1)(NC(C)=O)C(=O)OCC. The fourth-order valence-corrected chi connectivity index (χ4v) is 4.78. The third kappa shape index (κ3) is 10.4. The highest BCUT2D eigenvalue weighted by atomic mass is 28.3. The summed E-state index contributed by atoms with van der Waals surface area (Å²) in [4.78, 5) is 37.2. The van der Waals surface area contributed by atoms with Gasteiger partial charge in [0.25, 0.3) is 0 Å². The summed E-state index contributed by atoms with van der Waals surface area (Å²) >= 11 is 0. The number of rotatable bonds is 15. The first-order valence-electron chi connectivity index (χ1n) is 11.9. The number of aryl methyl sites for hydroxylation is 1. The minimum atomic E-state index is -1.87. The fraction of sp³-hybridized carbons (Fsp3) is 0.640. The summed E-state index contributed by atoms with van der Waals surface area (Å²) < 4.78 is 16.0. The Kier molecular flexibility index (Phi) is 12.2. The normalized spacial score (nSPS) is 11.6. The Morgan fingerprint density at radius 1 is 0.909 bits per heavy atom. The highest BCUT2D eigenvalue weighted by Gasteiger charge is 2.49. The second-order valence-corrected chi connectivity index (χ2v) is 15.0. The average molecular weight is 480 g/mol. The van der Waals surface area contributed by atoms with E-state index in [4.69, 9.17) is 14.2 Å². The molecule has 0 saturated carbocycles. The van der Waals surface area contributed by atoms with Gasteiger partial charge in [-0.05, 0) is 50.8 Å². The maximum Gasteiger partial charge on any atom is 0.343 e. The minimum Gasteiger partial charge on any atom is -0.494 e. The smallest absolute Gasteiger partial charge is 0.343 e. The minimum absolute atomic E-state index is 0.0293. The lowest BCUT2D eigenvalue weighted by Crippen LogP contribution is -2.61. The molecule has 1 aromatic carbocycles. The summed E-state index contributed by atoms with van der Waals surface area (Å²) in [6.45, 7) is 12.6. The van der Waals surface area contributed by atoms with Crippen LogP contribution in [0.25, 0.3) is 0 Å². The highest BCUT2D eigenvalue weighted by molar-refractivity contribution is 6.76. The Bertz CT molecular complexity index is 739. The lowest BCUT2D eigenvalue weighted by Gasteiger charge is -2.29. The molecule has 1 amide bonds. The van der Waals surface area contributed by atoms with E-state index in [1.807, 2.05) is 24.3 Å². The third-order valence-corrected chi connectivity index (χ3v) is 7.04. The summed E-state index contributed by atoms with van der Waals surface area (Å²) in [5.41, 5.74) is -0.969. The van der Waals surface area contributed by atoms with Gasteiger partial charge in [-0.1, -0.05) is 50.7 Å². The standard InChI is InChI=1S/C25H41NO6Si/c1-7-30-23(28)25(26-20(3)27,24(29)31-8-2)17-16-21-12-14-22(15-13-21)32-18-10-9-11-19-33(4,5)6/h12-15H,7-11,16-19H2,1-6H3,(H,26,27). The predicted octanol–water partition coefficient (Wildman–Crippen LogP) is 4.51. The van der Waals surface area contributed by atoms with Gasteiger partial charge in [-0.25, -0.2) is 9.59 Å². The largest absolute Gasteiger partial charge is 0.494 e. The van der Waals surface area contributed by atoms with Gasteiger partial charge in [-0.2, -0.15) is 0 Å². The number of esters is 2. The lowest BCUT2D eigenvalue weighted by atomic mass is 9.90. The fourth-order valence-electron chi connectivity index (χ4n) is 3.47. The zero-order valence-corrected chi connectivity index (χ0v) is 22.1. The Morgan fingerprint density at radius 3 is 1.97 bits per heavy atom. The first kappa shape index (κ1) is 28.7. The number of hydrogen-bond acceptors (Lipinski definition) is 6. The molecule has 1 rings (SSSR count). The van der Waals surface area contributed by atoms with Gasteiger partial charge in [0.1, 0.15) is 5.75 Å². The molecule has 0 aliphatic heterocycles. The second-order valence-electron chi connectivity index (χ2n) is 9.39. The number of carbonyl (C=O) groups is 3. The molecule has 0 heterocycles. The van der Waals surface area contributed by atoms with Crippen LogP contribution in [0.3, 0.4) is 0 Å². The van der Waals surface area contributed by atoms with E-state index in [0.29, 0.717) is 13.0 Å². The second kappa shape index (κ2) is 14.0. The third-order valence-electron chi connectivity index (χ3n) is 5.19. The van der Waals surface area contributed by atoms with Crippen molar-refractivity contribution in [3.63, 3.8) is 0 Å². The number of unbranched alkanes of at least 4 members (excludes halogenated alkanes) is 2. The number of hydrogen-bond donors (Lipinski definition) is 1. The van der Waals surface area contributed by atoms with Crippen molar-refractivity contribution >= 4 is 25.9 Å². The van der Waals surface area contributed by atoms with Crippen LogP contribution in [0.5, 0.6) is 5.75 Å². The molecule has 1 aromatic rings. The van der Waals surface area contributed by atoms with E-state index < -0.39 is 31.5 Å². The maximum atomic E-state index is 12.7. The number of carbonyl (C=O) groups excluding carboxylic acids is 3. The van der Waals surface area contributed by atoms with Crippen molar-refractivity contribution in [2.45, 2.75) is 84.1 Å². The zero-order chi connectivity index (χ0) is 24.9. The van der Waals surface area contributed by atoms with E-state index in [1.54, 1.807) is 13.8 Å².